The molecule has 29 heavy (non-hydrogen) atoms. The van der Waals surface area contributed by atoms with E-state index < -0.39 is 49.4 Å². The third-order valence-electron chi connectivity index (χ3n) is 4.09. The first-order valence-corrected chi connectivity index (χ1v) is 10.4. The summed E-state index contributed by atoms with van der Waals surface area (Å²) in [5, 5.41) is 0. The Hall–Kier alpha value is -3.07. The van der Waals surface area contributed by atoms with Crippen molar-refractivity contribution in [3.05, 3.63) is 52.0 Å². The number of hydrogen-bond donors (Lipinski definition) is 0. The van der Waals surface area contributed by atoms with Crippen LogP contribution in [0.25, 0.3) is 0 Å². The Morgan fingerprint density at radius 1 is 0.931 bits per heavy atom. The molecule has 0 bridgehead atoms. The van der Waals surface area contributed by atoms with Crippen LogP contribution in [0.2, 0.25) is 0 Å². The Kier molecular flexibility index (Phi) is 6.86. The van der Waals surface area contributed by atoms with Crippen molar-refractivity contribution < 1.29 is 37.1 Å². The molecule has 0 saturated heterocycles. The van der Waals surface area contributed by atoms with Crippen LogP contribution in [0, 0.1) is 0 Å². The SMILES string of the molecule is CCOC(=O)C1=CC(=O)C(C(=O)OCC)=C(S(=O)(=O)c2ccccc2CC)C1=O. The average Bonchev–Trinajstić information content (AvgIpc) is 2.69. The van der Waals surface area contributed by atoms with E-state index in [0.29, 0.717) is 18.1 Å². The molecule has 0 atom stereocenters. The van der Waals surface area contributed by atoms with E-state index in [4.69, 9.17) is 9.47 Å². The molecule has 0 N–H and O–H groups in total. The number of aryl methyl sites for hydroxylation is 1. The van der Waals surface area contributed by atoms with E-state index in [-0.39, 0.29) is 18.1 Å². The van der Waals surface area contributed by atoms with Gasteiger partial charge in [0.25, 0.3) is 0 Å². The minimum absolute atomic E-state index is 0.0904. The number of rotatable bonds is 7. The summed E-state index contributed by atoms with van der Waals surface area (Å²) in [5.74, 6) is -4.79. The molecule has 1 aromatic carbocycles. The van der Waals surface area contributed by atoms with Crippen molar-refractivity contribution >= 4 is 33.3 Å². The predicted molar refractivity (Wildman–Crippen MR) is 101 cm³/mol. The highest BCUT2D eigenvalue weighted by Gasteiger charge is 2.43. The maximum Gasteiger partial charge on any atom is 0.343 e. The number of hydrogen-bond acceptors (Lipinski definition) is 8. The van der Waals surface area contributed by atoms with Gasteiger partial charge in [0, 0.05) is 6.08 Å². The first-order valence-electron chi connectivity index (χ1n) is 8.92. The second-order valence-corrected chi connectivity index (χ2v) is 7.72. The highest BCUT2D eigenvalue weighted by atomic mass is 32.2. The zero-order valence-corrected chi connectivity index (χ0v) is 17.0. The van der Waals surface area contributed by atoms with Crippen molar-refractivity contribution in [2.75, 3.05) is 13.2 Å². The summed E-state index contributed by atoms with van der Waals surface area (Å²) < 4.78 is 36.2. The number of carbonyl (C=O) groups excluding carboxylic acids is 4. The molecule has 0 spiro atoms. The lowest BCUT2D eigenvalue weighted by Gasteiger charge is -2.18. The van der Waals surface area contributed by atoms with Crippen molar-refractivity contribution in [2.24, 2.45) is 0 Å². The number of sulfone groups is 1. The van der Waals surface area contributed by atoms with Gasteiger partial charge in [-0.15, -0.1) is 0 Å². The topological polar surface area (TPSA) is 121 Å². The zero-order chi connectivity index (χ0) is 21.8. The monoisotopic (exact) mass is 420 g/mol. The van der Waals surface area contributed by atoms with E-state index in [1.807, 2.05) is 0 Å². The quantitative estimate of drug-likeness (QED) is 0.369. The molecule has 0 unspecified atom stereocenters. The molecule has 0 aromatic heterocycles. The van der Waals surface area contributed by atoms with E-state index in [0.717, 1.165) is 0 Å². The fourth-order valence-corrected chi connectivity index (χ4v) is 4.64. The molecule has 154 valence electrons. The van der Waals surface area contributed by atoms with E-state index in [2.05, 4.69) is 0 Å². The molecule has 9 heteroatoms. The third-order valence-corrected chi connectivity index (χ3v) is 5.99. The first-order chi connectivity index (χ1) is 13.7. The Bertz CT molecular complexity index is 1040. The van der Waals surface area contributed by atoms with E-state index in [1.54, 1.807) is 19.1 Å². The van der Waals surface area contributed by atoms with Crippen LogP contribution in [-0.2, 0) is 44.9 Å². The molecule has 1 aliphatic carbocycles. The Morgan fingerprint density at radius 2 is 1.52 bits per heavy atom. The molecule has 0 saturated carbocycles. The number of ether oxygens (including phenoxy) is 2. The molecule has 1 aromatic rings. The maximum atomic E-state index is 13.4. The fourth-order valence-electron chi connectivity index (χ4n) is 2.80. The van der Waals surface area contributed by atoms with Crippen molar-refractivity contribution in [3.63, 3.8) is 0 Å². The Morgan fingerprint density at radius 3 is 2.10 bits per heavy atom. The Balaban J connectivity index is 2.79. The van der Waals surface area contributed by atoms with Gasteiger partial charge in [-0.3, -0.25) is 9.59 Å². The molecule has 1 aliphatic rings. The third kappa shape index (κ3) is 4.19. The summed E-state index contributed by atoms with van der Waals surface area (Å²) in [6.07, 6.45) is 0.928. The van der Waals surface area contributed by atoms with E-state index >= 15 is 0 Å². The summed E-state index contributed by atoms with van der Waals surface area (Å²) in [4.78, 5) is 48.6. The van der Waals surface area contributed by atoms with Crippen molar-refractivity contribution in [1.82, 2.24) is 0 Å². The molecular weight excluding hydrogens is 400 g/mol. The van der Waals surface area contributed by atoms with Gasteiger partial charge in [-0.05, 0) is 31.9 Å². The van der Waals surface area contributed by atoms with Gasteiger partial charge in [0.05, 0.1) is 18.1 Å². The number of carbonyl (C=O) groups is 4. The van der Waals surface area contributed by atoms with Crippen LogP contribution in [-0.4, -0.2) is 45.1 Å². The minimum Gasteiger partial charge on any atom is -0.462 e. The molecule has 0 radical (unpaired) electrons. The zero-order valence-electron chi connectivity index (χ0n) is 16.2. The van der Waals surface area contributed by atoms with Crippen molar-refractivity contribution in [2.45, 2.75) is 32.1 Å². The van der Waals surface area contributed by atoms with E-state index in [1.165, 1.54) is 26.0 Å². The summed E-state index contributed by atoms with van der Waals surface area (Å²) in [6, 6.07) is 5.89. The van der Waals surface area contributed by atoms with Gasteiger partial charge in [0.1, 0.15) is 16.1 Å². The second-order valence-electron chi connectivity index (χ2n) is 5.86. The van der Waals surface area contributed by atoms with Gasteiger partial charge in [-0.25, -0.2) is 18.0 Å². The second kappa shape index (κ2) is 8.95. The summed E-state index contributed by atoms with van der Waals surface area (Å²) in [5.41, 5.74) is -1.29. The van der Waals surface area contributed by atoms with Crippen LogP contribution in [0.4, 0.5) is 0 Å². The smallest absolute Gasteiger partial charge is 0.343 e. The number of benzene rings is 1. The molecule has 0 amide bonds. The van der Waals surface area contributed by atoms with Crippen LogP contribution >= 0.6 is 0 Å². The molecule has 0 fully saturated rings. The molecular formula is C20H20O8S. The first kappa shape index (κ1) is 22.2. The minimum atomic E-state index is -4.62. The normalized spacial score (nSPS) is 14.5. The lowest BCUT2D eigenvalue weighted by Crippen LogP contribution is -2.32. The molecule has 8 nitrogen and oxygen atoms in total. The van der Waals surface area contributed by atoms with Gasteiger partial charge in [0.2, 0.25) is 15.6 Å². The highest BCUT2D eigenvalue weighted by Crippen LogP contribution is 2.32. The molecule has 0 aliphatic heterocycles. The van der Waals surface area contributed by atoms with Crippen molar-refractivity contribution in [3.8, 4) is 0 Å². The predicted octanol–water partition coefficient (Wildman–Crippen LogP) is 1.48. The highest BCUT2D eigenvalue weighted by molar-refractivity contribution is 7.96. The van der Waals surface area contributed by atoms with Crippen LogP contribution in [0.1, 0.15) is 26.3 Å². The number of esters is 2. The lowest BCUT2D eigenvalue weighted by atomic mass is 9.96. The van der Waals surface area contributed by atoms with E-state index in [9.17, 15) is 27.6 Å². The van der Waals surface area contributed by atoms with Gasteiger partial charge < -0.3 is 9.47 Å². The van der Waals surface area contributed by atoms with Crippen LogP contribution < -0.4 is 0 Å². The number of allylic oxidation sites excluding steroid dienone is 2. The lowest BCUT2D eigenvalue weighted by molar-refractivity contribution is -0.142. The summed E-state index contributed by atoms with van der Waals surface area (Å²) >= 11 is 0. The molecule has 0 heterocycles. The maximum absolute atomic E-state index is 13.4. The number of Topliss-reactive ketones (excluding diaryl/α,β-unsaturated/α-hetero) is 1. The summed E-state index contributed by atoms with van der Waals surface area (Å²) in [7, 11) is -4.62. The standard InChI is InChI=1S/C20H20O8S/c1-4-12-9-7-8-10-15(12)29(25,26)18-16(20(24)28-6-3)14(21)11-13(17(18)22)19(23)27-5-2/h7-11H,4-6H2,1-3H3. The summed E-state index contributed by atoms with van der Waals surface area (Å²) in [6.45, 7) is 4.44. The average molecular weight is 420 g/mol. The van der Waals surface area contributed by atoms with Gasteiger partial charge >= 0.3 is 11.9 Å². The van der Waals surface area contributed by atoms with Crippen molar-refractivity contribution in [1.29, 1.82) is 0 Å². The molecule has 2 rings (SSSR count). The Labute approximate surface area is 168 Å². The van der Waals surface area contributed by atoms with Gasteiger partial charge in [-0.1, -0.05) is 25.1 Å². The largest absolute Gasteiger partial charge is 0.462 e. The van der Waals surface area contributed by atoms with Crippen LogP contribution in [0.5, 0.6) is 0 Å². The van der Waals surface area contributed by atoms with Crippen LogP contribution in [0.3, 0.4) is 0 Å². The van der Waals surface area contributed by atoms with Gasteiger partial charge in [0.15, 0.2) is 5.78 Å². The van der Waals surface area contributed by atoms with Gasteiger partial charge in [-0.2, -0.15) is 0 Å². The number of ketones is 2. The fraction of sp³-hybridized carbons (Fsp3) is 0.300. The van der Waals surface area contributed by atoms with Crippen LogP contribution in [0.15, 0.2) is 51.3 Å².